The minimum Gasteiger partial charge on any atom is -0.494 e. The first-order chi connectivity index (χ1) is 12.2. The van der Waals surface area contributed by atoms with Gasteiger partial charge in [-0.1, -0.05) is 18.2 Å². The molecule has 0 radical (unpaired) electrons. The van der Waals surface area contributed by atoms with Crippen LogP contribution in [0.15, 0.2) is 48.5 Å². The number of hydrogen-bond acceptors (Lipinski definition) is 4. The summed E-state index contributed by atoms with van der Waals surface area (Å²) in [7, 11) is 4.12. The van der Waals surface area contributed by atoms with Crippen molar-refractivity contribution in [3.05, 3.63) is 48.5 Å². The van der Waals surface area contributed by atoms with E-state index < -0.39 is 0 Å². The van der Waals surface area contributed by atoms with Crippen LogP contribution in [-0.4, -0.2) is 41.9 Å². The summed E-state index contributed by atoms with van der Waals surface area (Å²) < 4.78 is 7.53. The highest BCUT2D eigenvalue weighted by Gasteiger charge is 2.11. The third-order valence-corrected chi connectivity index (χ3v) is 4.02. The van der Waals surface area contributed by atoms with E-state index in [-0.39, 0.29) is 6.54 Å². The maximum atomic E-state index is 9.00. The third-order valence-electron chi connectivity index (χ3n) is 4.02. The monoisotopic (exact) mass is 334 g/mol. The molecular weight excluding hydrogens is 312 g/mol. The van der Waals surface area contributed by atoms with Gasteiger partial charge in [-0.2, -0.15) is 10.4 Å². The van der Waals surface area contributed by atoms with Gasteiger partial charge >= 0.3 is 0 Å². The van der Waals surface area contributed by atoms with E-state index in [0.29, 0.717) is 6.61 Å². The van der Waals surface area contributed by atoms with Gasteiger partial charge in [-0.05, 0) is 50.8 Å². The summed E-state index contributed by atoms with van der Waals surface area (Å²) in [6, 6.07) is 18.1. The van der Waals surface area contributed by atoms with Crippen LogP contribution in [-0.2, 0) is 6.54 Å². The number of benzene rings is 2. The Balaban J connectivity index is 1.78. The minimum atomic E-state index is 0.244. The Morgan fingerprint density at radius 1 is 1.12 bits per heavy atom. The van der Waals surface area contributed by atoms with Crippen LogP contribution in [0.1, 0.15) is 6.42 Å². The normalized spacial score (nSPS) is 11.0. The Kier molecular flexibility index (Phi) is 5.32. The molecule has 0 N–H and O–H groups in total. The van der Waals surface area contributed by atoms with Gasteiger partial charge in [0.15, 0.2) is 0 Å². The SMILES string of the molecule is CN(C)CCCOc1ccc(-c2nn(CC#N)c3ccccc23)cc1. The van der Waals surface area contributed by atoms with Gasteiger partial charge in [0.05, 0.1) is 18.2 Å². The zero-order valence-electron chi connectivity index (χ0n) is 14.6. The van der Waals surface area contributed by atoms with E-state index in [9.17, 15) is 0 Å². The molecule has 0 amide bonds. The lowest BCUT2D eigenvalue weighted by Crippen LogP contribution is -2.15. The van der Waals surface area contributed by atoms with Crippen LogP contribution < -0.4 is 4.74 Å². The van der Waals surface area contributed by atoms with Crippen LogP contribution in [0.4, 0.5) is 0 Å². The second-order valence-electron chi connectivity index (χ2n) is 6.21. The molecule has 1 aromatic heterocycles. The summed E-state index contributed by atoms with van der Waals surface area (Å²) >= 11 is 0. The topological polar surface area (TPSA) is 54.1 Å². The molecule has 3 rings (SSSR count). The summed E-state index contributed by atoms with van der Waals surface area (Å²) in [5.74, 6) is 0.864. The van der Waals surface area contributed by atoms with Crippen molar-refractivity contribution >= 4 is 10.9 Å². The Hall–Kier alpha value is -2.84. The predicted octanol–water partition coefficient (Wildman–Crippen LogP) is 3.56. The van der Waals surface area contributed by atoms with Crippen molar-refractivity contribution in [1.29, 1.82) is 5.26 Å². The zero-order chi connectivity index (χ0) is 17.6. The Morgan fingerprint density at radius 3 is 2.60 bits per heavy atom. The van der Waals surface area contributed by atoms with Crippen molar-refractivity contribution in [2.45, 2.75) is 13.0 Å². The highest BCUT2D eigenvalue weighted by atomic mass is 16.5. The highest BCUT2D eigenvalue weighted by molar-refractivity contribution is 5.93. The fourth-order valence-electron chi connectivity index (χ4n) is 2.81. The largest absolute Gasteiger partial charge is 0.494 e. The number of hydrogen-bond donors (Lipinski definition) is 0. The van der Waals surface area contributed by atoms with Gasteiger partial charge in [0, 0.05) is 17.5 Å². The summed E-state index contributed by atoms with van der Waals surface area (Å²) in [5, 5.41) is 14.7. The standard InChI is InChI=1S/C20H22N4O/c1-23(2)13-5-15-25-17-10-8-16(9-11-17)20-18-6-3-4-7-19(18)24(22-20)14-12-21/h3-4,6-11H,5,13-15H2,1-2H3. The summed E-state index contributed by atoms with van der Waals surface area (Å²) in [6.45, 7) is 1.96. The predicted molar refractivity (Wildman–Crippen MR) is 99.4 cm³/mol. The van der Waals surface area contributed by atoms with Crippen molar-refractivity contribution < 1.29 is 4.74 Å². The molecular formula is C20H22N4O. The van der Waals surface area contributed by atoms with Crippen LogP contribution >= 0.6 is 0 Å². The molecule has 0 bridgehead atoms. The zero-order valence-corrected chi connectivity index (χ0v) is 14.6. The first kappa shape index (κ1) is 17.0. The van der Waals surface area contributed by atoms with Gasteiger partial charge in [-0.25, -0.2) is 0 Å². The van der Waals surface area contributed by atoms with Crippen molar-refractivity contribution in [2.75, 3.05) is 27.2 Å². The van der Waals surface area contributed by atoms with Crippen LogP contribution in [0.25, 0.3) is 22.2 Å². The van der Waals surface area contributed by atoms with Crippen LogP contribution in [0.5, 0.6) is 5.75 Å². The third kappa shape index (κ3) is 3.98. The number of para-hydroxylation sites is 1. The van der Waals surface area contributed by atoms with E-state index in [4.69, 9.17) is 10.00 Å². The summed E-state index contributed by atoms with van der Waals surface area (Å²) in [6.07, 6.45) is 0.998. The van der Waals surface area contributed by atoms with Crippen molar-refractivity contribution in [3.63, 3.8) is 0 Å². The number of fused-ring (bicyclic) bond motifs is 1. The van der Waals surface area contributed by atoms with Crippen LogP contribution in [0, 0.1) is 11.3 Å². The van der Waals surface area contributed by atoms with Gasteiger partial charge in [-0.3, -0.25) is 4.68 Å². The first-order valence-electron chi connectivity index (χ1n) is 8.39. The van der Waals surface area contributed by atoms with E-state index in [1.165, 1.54) is 0 Å². The molecule has 0 unspecified atom stereocenters. The first-order valence-corrected chi connectivity index (χ1v) is 8.39. The molecule has 0 spiro atoms. The molecule has 3 aromatic rings. The maximum Gasteiger partial charge on any atom is 0.128 e. The number of aromatic nitrogens is 2. The Bertz CT molecular complexity index is 875. The van der Waals surface area contributed by atoms with Crippen LogP contribution in [0.3, 0.4) is 0 Å². The Morgan fingerprint density at radius 2 is 1.88 bits per heavy atom. The van der Waals surface area contributed by atoms with E-state index >= 15 is 0 Å². The van der Waals surface area contributed by atoms with E-state index in [0.717, 1.165) is 40.9 Å². The van der Waals surface area contributed by atoms with Gasteiger partial charge in [0.25, 0.3) is 0 Å². The average molecular weight is 334 g/mol. The maximum absolute atomic E-state index is 9.00. The van der Waals surface area contributed by atoms with E-state index in [2.05, 4.69) is 30.2 Å². The molecule has 0 atom stereocenters. The van der Waals surface area contributed by atoms with Crippen molar-refractivity contribution in [3.8, 4) is 23.1 Å². The Labute approximate surface area is 148 Å². The fourth-order valence-corrected chi connectivity index (χ4v) is 2.81. The smallest absolute Gasteiger partial charge is 0.128 e. The number of rotatable bonds is 7. The lowest BCUT2D eigenvalue weighted by atomic mass is 10.1. The second-order valence-corrected chi connectivity index (χ2v) is 6.21. The molecule has 0 saturated carbocycles. The molecule has 25 heavy (non-hydrogen) atoms. The lowest BCUT2D eigenvalue weighted by Gasteiger charge is -2.10. The molecule has 128 valence electrons. The molecule has 2 aromatic carbocycles. The molecule has 5 nitrogen and oxygen atoms in total. The average Bonchev–Trinajstić information content (AvgIpc) is 2.98. The van der Waals surface area contributed by atoms with Crippen LogP contribution in [0.2, 0.25) is 0 Å². The van der Waals surface area contributed by atoms with Gasteiger partial charge in [0.2, 0.25) is 0 Å². The minimum absolute atomic E-state index is 0.244. The van der Waals surface area contributed by atoms with E-state index in [1.54, 1.807) is 4.68 Å². The molecule has 0 aliphatic heterocycles. The second kappa shape index (κ2) is 7.82. The number of nitrogens with zero attached hydrogens (tertiary/aromatic N) is 4. The summed E-state index contributed by atoms with van der Waals surface area (Å²) in [5.41, 5.74) is 2.89. The highest BCUT2D eigenvalue weighted by Crippen LogP contribution is 2.29. The molecule has 0 saturated heterocycles. The molecule has 0 aliphatic carbocycles. The molecule has 0 fully saturated rings. The van der Waals surface area contributed by atoms with Gasteiger partial charge < -0.3 is 9.64 Å². The molecule has 0 aliphatic rings. The molecule has 1 heterocycles. The van der Waals surface area contributed by atoms with E-state index in [1.807, 2.05) is 48.5 Å². The van der Waals surface area contributed by atoms with Crippen molar-refractivity contribution in [2.24, 2.45) is 0 Å². The fraction of sp³-hybridized carbons (Fsp3) is 0.300. The number of nitriles is 1. The molecule has 5 heteroatoms. The summed E-state index contributed by atoms with van der Waals surface area (Å²) in [4.78, 5) is 2.15. The quantitative estimate of drug-likeness (QED) is 0.620. The van der Waals surface area contributed by atoms with Crippen molar-refractivity contribution in [1.82, 2.24) is 14.7 Å². The number of ether oxygens (including phenoxy) is 1. The van der Waals surface area contributed by atoms with Gasteiger partial charge in [0.1, 0.15) is 18.0 Å². The van der Waals surface area contributed by atoms with Gasteiger partial charge in [-0.15, -0.1) is 0 Å². The lowest BCUT2D eigenvalue weighted by molar-refractivity contribution is 0.281.